The zero-order valence-electron chi connectivity index (χ0n) is 16.9. The number of benzene rings is 1. The molecule has 0 amide bonds. The summed E-state index contributed by atoms with van der Waals surface area (Å²) in [5.74, 6) is 0. The van der Waals surface area contributed by atoms with Crippen molar-refractivity contribution in [1.82, 2.24) is 14.2 Å². The van der Waals surface area contributed by atoms with Crippen molar-refractivity contribution in [2.45, 2.75) is 18.9 Å². The Morgan fingerprint density at radius 1 is 0.900 bits per heavy atom. The summed E-state index contributed by atoms with van der Waals surface area (Å²) in [6, 6.07) is 11.7. The SMILES string of the molecule is O=S(=O)(C=Cc1ccc(Cl)cc1)N1CCC(N2CCN(c3ccncc3)CC2)CC1. The van der Waals surface area contributed by atoms with Crippen LogP contribution in [0.5, 0.6) is 0 Å². The van der Waals surface area contributed by atoms with E-state index in [1.165, 1.54) is 11.1 Å². The molecule has 0 saturated carbocycles. The van der Waals surface area contributed by atoms with E-state index in [9.17, 15) is 8.42 Å². The minimum absolute atomic E-state index is 0.455. The highest BCUT2D eigenvalue weighted by Crippen LogP contribution is 2.23. The molecular formula is C22H27ClN4O2S. The molecule has 0 aliphatic carbocycles. The lowest BCUT2D eigenvalue weighted by atomic mass is 10.0. The molecule has 2 fully saturated rings. The number of halogens is 1. The van der Waals surface area contributed by atoms with Crippen LogP contribution in [0, 0.1) is 0 Å². The van der Waals surface area contributed by atoms with Gasteiger partial charge in [0.2, 0.25) is 10.0 Å². The quantitative estimate of drug-likeness (QED) is 0.705. The lowest BCUT2D eigenvalue weighted by molar-refractivity contribution is 0.133. The van der Waals surface area contributed by atoms with Crippen molar-refractivity contribution < 1.29 is 8.42 Å². The number of anilines is 1. The number of piperidine rings is 1. The van der Waals surface area contributed by atoms with Gasteiger partial charge in [0.25, 0.3) is 0 Å². The molecule has 0 radical (unpaired) electrons. The summed E-state index contributed by atoms with van der Waals surface area (Å²) in [4.78, 5) is 9.00. The Morgan fingerprint density at radius 3 is 2.17 bits per heavy atom. The van der Waals surface area contributed by atoms with Gasteiger partial charge in [-0.25, -0.2) is 8.42 Å². The molecule has 30 heavy (non-hydrogen) atoms. The van der Waals surface area contributed by atoms with Gasteiger partial charge >= 0.3 is 0 Å². The highest BCUT2D eigenvalue weighted by Gasteiger charge is 2.31. The highest BCUT2D eigenvalue weighted by molar-refractivity contribution is 7.92. The molecule has 0 N–H and O–H groups in total. The summed E-state index contributed by atoms with van der Waals surface area (Å²) in [6.45, 7) is 5.15. The molecule has 0 unspecified atom stereocenters. The molecule has 1 aromatic heterocycles. The van der Waals surface area contributed by atoms with Gasteiger partial charge in [-0.1, -0.05) is 23.7 Å². The fourth-order valence-corrected chi connectivity index (χ4v) is 5.53. The van der Waals surface area contributed by atoms with Crippen molar-refractivity contribution >= 4 is 33.4 Å². The van der Waals surface area contributed by atoms with E-state index >= 15 is 0 Å². The molecule has 0 spiro atoms. The number of hydrogen-bond acceptors (Lipinski definition) is 5. The number of hydrogen-bond donors (Lipinski definition) is 0. The summed E-state index contributed by atoms with van der Waals surface area (Å²) in [5, 5.41) is 1.95. The molecule has 2 aliphatic rings. The van der Waals surface area contributed by atoms with Crippen LogP contribution in [0.25, 0.3) is 6.08 Å². The summed E-state index contributed by atoms with van der Waals surface area (Å²) < 4.78 is 27.0. The first-order chi connectivity index (χ1) is 14.5. The van der Waals surface area contributed by atoms with Crippen LogP contribution in [0.3, 0.4) is 0 Å². The van der Waals surface area contributed by atoms with Crippen LogP contribution in [0.1, 0.15) is 18.4 Å². The molecule has 4 rings (SSSR count). The summed E-state index contributed by atoms with van der Waals surface area (Å²) in [7, 11) is -3.40. The van der Waals surface area contributed by atoms with Crippen molar-refractivity contribution in [3.8, 4) is 0 Å². The van der Waals surface area contributed by atoms with Crippen LogP contribution in [-0.2, 0) is 10.0 Å². The largest absolute Gasteiger partial charge is 0.369 e. The molecule has 2 aromatic rings. The van der Waals surface area contributed by atoms with Gasteiger partial charge in [0.05, 0.1) is 0 Å². The van der Waals surface area contributed by atoms with Gasteiger partial charge in [0.15, 0.2) is 0 Å². The molecule has 1 aromatic carbocycles. The van der Waals surface area contributed by atoms with Crippen LogP contribution >= 0.6 is 11.6 Å². The molecule has 0 bridgehead atoms. The van der Waals surface area contributed by atoms with Crippen molar-refractivity contribution in [2.75, 3.05) is 44.2 Å². The number of sulfonamides is 1. The van der Waals surface area contributed by atoms with E-state index in [-0.39, 0.29) is 0 Å². The molecule has 6 nitrogen and oxygen atoms in total. The minimum atomic E-state index is -3.40. The van der Waals surface area contributed by atoms with E-state index in [1.807, 2.05) is 24.5 Å². The molecular weight excluding hydrogens is 420 g/mol. The third kappa shape index (κ3) is 5.21. The number of piperazine rings is 1. The molecule has 3 heterocycles. The van der Waals surface area contributed by atoms with Gasteiger partial charge in [0.1, 0.15) is 0 Å². The Labute approximate surface area is 183 Å². The Kier molecular flexibility index (Phi) is 6.73. The maximum absolute atomic E-state index is 12.7. The average molecular weight is 447 g/mol. The Hall–Kier alpha value is -1.93. The number of pyridine rings is 1. The van der Waals surface area contributed by atoms with E-state index in [4.69, 9.17) is 11.6 Å². The van der Waals surface area contributed by atoms with Crippen molar-refractivity contribution in [1.29, 1.82) is 0 Å². The van der Waals surface area contributed by atoms with Crippen molar-refractivity contribution in [3.05, 3.63) is 64.8 Å². The topological polar surface area (TPSA) is 56.8 Å². The van der Waals surface area contributed by atoms with E-state index in [0.29, 0.717) is 24.2 Å². The van der Waals surface area contributed by atoms with Gasteiger partial charge in [0, 0.05) is 73.8 Å². The zero-order valence-corrected chi connectivity index (χ0v) is 18.5. The first-order valence-electron chi connectivity index (χ1n) is 10.3. The van der Waals surface area contributed by atoms with Crippen molar-refractivity contribution in [2.24, 2.45) is 0 Å². The lowest BCUT2D eigenvalue weighted by Gasteiger charge is -2.43. The summed E-state index contributed by atoms with van der Waals surface area (Å²) in [6.07, 6.45) is 7.06. The second kappa shape index (κ2) is 9.47. The second-order valence-corrected chi connectivity index (χ2v) is 10.0. The predicted octanol–water partition coefficient (Wildman–Crippen LogP) is 3.32. The minimum Gasteiger partial charge on any atom is -0.369 e. The summed E-state index contributed by atoms with van der Waals surface area (Å²) >= 11 is 5.88. The molecule has 160 valence electrons. The molecule has 8 heteroatoms. The molecule has 2 aliphatic heterocycles. The monoisotopic (exact) mass is 446 g/mol. The van der Waals surface area contributed by atoms with Crippen LogP contribution < -0.4 is 4.90 Å². The van der Waals surface area contributed by atoms with Gasteiger partial charge in [-0.05, 0) is 48.7 Å². The van der Waals surface area contributed by atoms with E-state index in [1.54, 1.807) is 22.5 Å². The molecule has 2 saturated heterocycles. The van der Waals surface area contributed by atoms with Crippen molar-refractivity contribution in [3.63, 3.8) is 0 Å². The van der Waals surface area contributed by atoms with E-state index in [0.717, 1.165) is 44.6 Å². The fraction of sp³-hybridized carbons (Fsp3) is 0.409. The number of nitrogens with zero attached hydrogens (tertiary/aromatic N) is 4. The standard InChI is InChI=1S/C22H27ClN4O2S/c23-20-3-1-19(2-4-20)9-18-30(28,29)27-12-7-22(8-13-27)26-16-14-25(15-17-26)21-5-10-24-11-6-21/h1-6,9-11,18,22H,7-8,12-17H2. The van der Waals surface area contributed by atoms with E-state index in [2.05, 4.69) is 26.9 Å². The van der Waals surface area contributed by atoms with E-state index < -0.39 is 10.0 Å². The smallest absolute Gasteiger partial charge is 0.236 e. The predicted molar refractivity (Wildman–Crippen MR) is 122 cm³/mol. The number of aromatic nitrogens is 1. The normalized spacial score (nSPS) is 20.1. The van der Waals surface area contributed by atoms with Crippen LogP contribution in [0.15, 0.2) is 54.2 Å². The summed E-state index contributed by atoms with van der Waals surface area (Å²) in [5.41, 5.74) is 2.04. The second-order valence-electron chi connectivity index (χ2n) is 7.76. The van der Waals surface area contributed by atoms with Gasteiger partial charge < -0.3 is 4.90 Å². The van der Waals surface area contributed by atoms with Crippen LogP contribution in [0.2, 0.25) is 5.02 Å². The van der Waals surface area contributed by atoms with Gasteiger partial charge in [-0.2, -0.15) is 4.31 Å². The Balaban J connectivity index is 1.28. The molecule has 0 atom stereocenters. The maximum Gasteiger partial charge on any atom is 0.236 e. The zero-order chi connectivity index (χ0) is 21.0. The van der Waals surface area contributed by atoms with Crippen LogP contribution in [-0.4, -0.2) is 67.9 Å². The van der Waals surface area contributed by atoms with Gasteiger partial charge in [-0.3, -0.25) is 9.88 Å². The highest BCUT2D eigenvalue weighted by atomic mass is 35.5. The Bertz CT molecular complexity index is 950. The third-order valence-electron chi connectivity index (χ3n) is 5.94. The third-order valence-corrected chi connectivity index (χ3v) is 7.76. The lowest BCUT2D eigenvalue weighted by Crippen LogP contribution is -2.53. The average Bonchev–Trinajstić information content (AvgIpc) is 2.80. The maximum atomic E-state index is 12.7. The van der Waals surface area contributed by atoms with Crippen LogP contribution in [0.4, 0.5) is 5.69 Å². The van der Waals surface area contributed by atoms with Gasteiger partial charge in [-0.15, -0.1) is 0 Å². The first kappa shape index (κ1) is 21.3. The number of rotatable bonds is 5. The Morgan fingerprint density at radius 2 is 1.53 bits per heavy atom. The first-order valence-corrected chi connectivity index (χ1v) is 12.2. The fourth-order valence-electron chi connectivity index (χ4n) is 4.19.